The first kappa shape index (κ1) is 35.6. The summed E-state index contributed by atoms with van der Waals surface area (Å²) < 4.78 is 12.5. The molecule has 5 rings (SSSR count). The maximum absolute atomic E-state index is 14.6. The van der Waals surface area contributed by atoms with Crippen molar-refractivity contribution in [2.45, 2.75) is 32.4 Å². The first-order valence-corrected chi connectivity index (χ1v) is 16.4. The lowest BCUT2D eigenvalue weighted by molar-refractivity contribution is -0.130. The van der Waals surface area contributed by atoms with Crippen molar-refractivity contribution in [3.05, 3.63) is 93.4 Å². The minimum Gasteiger partial charge on any atom is -0.495 e. The van der Waals surface area contributed by atoms with Crippen molar-refractivity contribution in [2.24, 2.45) is 0 Å². The summed E-state index contributed by atoms with van der Waals surface area (Å²) in [7, 11) is 4.92. The highest BCUT2D eigenvalue weighted by molar-refractivity contribution is 6.41. The molecular weight excluding hydrogens is 667 g/mol. The lowest BCUT2D eigenvalue weighted by Gasteiger charge is -2.39. The fourth-order valence-corrected chi connectivity index (χ4v) is 6.80. The first-order valence-electron chi connectivity index (χ1n) is 15.6. The molecule has 13 heteroatoms. The van der Waals surface area contributed by atoms with Gasteiger partial charge in [0.1, 0.15) is 17.1 Å². The number of carbonyl (C=O) groups is 2. The van der Waals surface area contributed by atoms with Crippen LogP contribution in [0, 0.1) is 6.92 Å². The van der Waals surface area contributed by atoms with Crippen molar-refractivity contribution in [3.63, 3.8) is 0 Å². The van der Waals surface area contributed by atoms with Crippen LogP contribution < -0.4 is 20.3 Å². The summed E-state index contributed by atoms with van der Waals surface area (Å²) in [6, 6.07) is 8.67. The van der Waals surface area contributed by atoms with E-state index in [2.05, 4.69) is 28.4 Å². The largest absolute Gasteiger partial charge is 0.495 e. The van der Waals surface area contributed by atoms with Crippen LogP contribution >= 0.6 is 23.2 Å². The van der Waals surface area contributed by atoms with Crippen molar-refractivity contribution in [2.75, 3.05) is 46.2 Å². The zero-order chi connectivity index (χ0) is 35.4. The monoisotopic (exact) mass is 704 g/mol. The lowest BCUT2D eigenvalue weighted by Crippen LogP contribution is -2.54. The van der Waals surface area contributed by atoms with E-state index in [9.17, 15) is 14.4 Å². The number of fused-ring (bicyclic) bond motifs is 1. The second-order valence-corrected chi connectivity index (χ2v) is 12.5. The van der Waals surface area contributed by atoms with Crippen molar-refractivity contribution >= 4 is 57.6 Å². The highest BCUT2D eigenvalue weighted by atomic mass is 35.5. The smallest absolute Gasteiger partial charge is 0.260 e. The quantitative estimate of drug-likeness (QED) is 0.181. The molecular formula is C36H38Cl2N6O5. The number of pyridine rings is 1. The molecule has 0 aliphatic carbocycles. The number of likely N-dealkylation sites (N-methyl/N-ethyl adjacent to an activating group) is 1. The number of allylic oxidation sites excluding steroid dienone is 1. The minimum atomic E-state index is -0.407. The Labute approximate surface area is 294 Å². The molecule has 0 spiro atoms. The van der Waals surface area contributed by atoms with Gasteiger partial charge in [-0.2, -0.15) is 4.98 Å². The standard InChI is InChI=1S/C36H38Cl2N6O5/c1-7-25(45)16-22-11-9-10-21(3)33(22)40-36-39-19-23-17-26(30-31(37)27(48-5)18-28(49-6)32(30)38)35(47)44(34(23)41-36)13-12-24-20-42(4)14-15-43(24)29(46)8-2/h7-11,17-19,24H,1-2,12-16,20H2,3-6H3,(H,39,40,41). The number of nitrogens with zero attached hydrogens (tertiary/aromatic N) is 5. The van der Waals surface area contributed by atoms with E-state index in [4.69, 9.17) is 37.7 Å². The molecule has 1 N–H and O–H groups in total. The van der Waals surface area contributed by atoms with Crippen LogP contribution in [0.5, 0.6) is 11.5 Å². The van der Waals surface area contributed by atoms with Crippen molar-refractivity contribution in [1.29, 1.82) is 0 Å². The third-order valence-electron chi connectivity index (χ3n) is 8.69. The van der Waals surface area contributed by atoms with Crippen LogP contribution in [0.1, 0.15) is 17.5 Å². The van der Waals surface area contributed by atoms with E-state index in [1.807, 2.05) is 32.2 Å². The zero-order valence-corrected chi connectivity index (χ0v) is 29.4. The van der Waals surface area contributed by atoms with Gasteiger partial charge in [-0.15, -0.1) is 0 Å². The van der Waals surface area contributed by atoms with Crippen molar-refractivity contribution < 1.29 is 19.1 Å². The van der Waals surface area contributed by atoms with Gasteiger partial charge in [0.15, 0.2) is 5.78 Å². The van der Waals surface area contributed by atoms with Gasteiger partial charge in [-0.1, -0.05) is 54.6 Å². The number of piperazine rings is 1. The molecule has 1 aliphatic rings. The molecule has 1 amide bonds. The number of halogens is 2. The summed E-state index contributed by atoms with van der Waals surface area (Å²) in [4.78, 5) is 52.9. The topological polar surface area (TPSA) is 119 Å². The number of nitrogens with one attached hydrogen (secondary N) is 1. The maximum atomic E-state index is 14.6. The molecule has 11 nitrogen and oxygen atoms in total. The highest BCUT2D eigenvalue weighted by Gasteiger charge is 2.29. The van der Waals surface area contributed by atoms with Gasteiger partial charge in [0.25, 0.3) is 5.56 Å². The Kier molecular flexibility index (Phi) is 11.1. The Balaban J connectivity index is 1.67. The second-order valence-electron chi connectivity index (χ2n) is 11.8. The van der Waals surface area contributed by atoms with Gasteiger partial charge < -0.3 is 24.6 Å². The first-order chi connectivity index (χ1) is 23.5. The molecule has 3 heterocycles. The number of amides is 1. The Morgan fingerprint density at radius 3 is 2.45 bits per heavy atom. The molecule has 1 unspecified atom stereocenters. The van der Waals surface area contributed by atoms with Crippen LogP contribution in [-0.2, 0) is 22.6 Å². The Morgan fingerprint density at radius 2 is 1.80 bits per heavy atom. The molecule has 1 atom stereocenters. The Bertz CT molecular complexity index is 1980. The van der Waals surface area contributed by atoms with E-state index >= 15 is 0 Å². The molecule has 2 aromatic carbocycles. The normalized spacial score (nSPS) is 14.8. The molecule has 49 heavy (non-hydrogen) atoms. The summed E-state index contributed by atoms with van der Waals surface area (Å²) in [5, 5.41) is 4.11. The number of ketones is 1. The fourth-order valence-electron chi connectivity index (χ4n) is 6.10. The number of benzene rings is 2. The second kappa shape index (κ2) is 15.2. The molecule has 4 aromatic rings. The maximum Gasteiger partial charge on any atom is 0.260 e. The minimum absolute atomic E-state index is 0.127. The SMILES string of the molecule is C=CC(=O)Cc1cccc(C)c1Nc1ncc2cc(-c3c(Cl)c(OC)cc(OC)c3Cl)c(=O)n(CCC3CN(C)CCN3C(=O)C=C)c2n1. The highest BCUT2D eigenvalue weighted by Crippen LogP contribution is 2.45. The number of methoxy groups -OCH3 is 2. The summed E-state index contributed by atoms with van der Waals surface area (Å²) >= 11 is 13.6. The number of para-hydroxylation sites is 1. The van der Waals surface area contributed by atoms with Gasteiger partial charge in [0.2, 0.25) is 11.9 Å². The number of aryl methyl sites for hydroxylation is 2. The third-order valence-corrected chi connectivity index (χ3v) is 9.44. The molecule has 0 radical (unpaired) electrons. The molecule has 0 saturated carbocycles. The molecule has 2 aromatic heterocycles. The van der Waals surface area contributed by atoms with Crippen molar-refractivity contribution in [3.8, 4) is 22.6 Å². The number of aromatic nitrogens is 3. The van der Waals surface area contributed by atoms with Crippen molar-refractivity contribution in [1.82, 2.24) is 24.3 Å². The molecule has 1 fully saturated rings. The van der Waals surface area contributed by atoms with E-state index in [-0.39, 0.29) is 69.3 Å². The number of hydrogen-bond donors (Lipinski definition) is 1. The van der Waals surface area contributed by atoms with Gasteiger partial charge >= 0.3 is 0 Å². The third kappa shape index (κ3) is 7.34. The average Bonchev–Trinajstić information content (AvgIpc) is 3.09. The van der Waals surface area contributed by atoms with E-state index in [1.54, 1.807) is 27.8 Å². The van der Waals surface area contributed by atoms with Crippen LogP contribution in [0.25, 0.3) is 22.2 Å². The van der Waals surface area contributed by atoms with Crippen LogP contribution in [0.4, 0.5) is 11.6 Å². The predicted octanol–water partition coefficient (Wildman–Crippen LogP) is 5.85. The molecule has 1 saturated heterocycles. The number of rotatable bonds is 12. The van der Waals surface area contributed by atoms with E-state index < -0.39 is 5.56 Å². The van der Waals surface area contributed by atoms with E-state index in [0.29, 0.717) is 36.2 Å². The van der Waals surface area contributed by atoms with Crippen LogP contribution in [0.15, 0.2) is 66.6 Å². The number of hydrogen-bond acceptors (Lipinski definition) is 9. The Hall–Kier alpha value is -4.71. The Morgan fingerprint density at radius 1 is 1.08 bits per heavy atom. The van der Waals surface area contributed by atoms with E-state index in [0.717, 1.165) is 17.7 Å². The summed E-state index contributed by atoms with van der Waals surface area (Å²) in [6.07, 6.45) is 4.81. The van der Waals surface area contributed by atoms with Crippen LogP contribution in [0.2, 0.25) is 10.0 Å². The van der Waals surface area contributed by atoms with Gasteiger partial charge in [-0.25, -0.2) is 4.98 Å². The molecule has 0 bridgehead atoms. The molecule has 256 valence electrons. The molecule has 1 aliphatic heterocycles. The number of ether oxygens (including phenoxy) is 2. The average molecular weight is 706 g/mol. The van der Waals surface area contributed by atoms with Crippen LogP contribution in [0.3, 0.4) is 0 Å². The van der Waals surface area contributed by atoms with E-state index in [1.165, 1.54) is 26.4 Å². The van der Waals surface area contributed by atoms with Gasteiger partial charge in [0, 0.05) is 67.5 Å². The van der Waals surface area contributed by atoms with Gasteiger partial charge in [-0.3, -0.25) is 19.0 Å². The number of carbonyl (C=O) groups excluding carboxylic acids is 2. The van der Waals surface area contributed by atoms with Crippen LogP contribution in [-0.4, -0.2) is 83.0 Å². The zero-order valence-electron chi connectivity index (χ0n) is 27.9. The van der Waals surface area contributed by atoms with Gasteiger partial charge in [-0.05, 0) is 49.7 Å². The summed E-state index contributed by atoms with van der Waals surface area (Å²) in [5.41, 5.74) is 2.73. The van der Waals surface area contributed by atoms with Gasteiger partial charge in [0.05, 0.1) is 29.8 Å². The summed E-state index contributed by atoms with van der Waals surface area (Å²) in [6.45, 7) is 11.3. The number of anilines is 2. The summed E-state index contributed by atoms with van der Waals surface area (Å²) in [5.74, 6) is 0.511. The lowest BCUT2D eigenvalue weighted by atomic mass is 10.0. The fraction of sp³-hybridized carbons (Fsp3) is 0.306. The predicted molar refractivity (Wildman–Crippen MR) is 194 cm³/mol.